The van der Waals surface area contributed by atoms with Gasteiger partial charge in [-0.3, -0.25) is 0 Å². The Balaban J connectivity index is 1.08. The van der Waals surface area contributed by atoms with Gasteiger partial charge in [0.2, 0.25) is 0 Å². The van der Waals surface area contributed by atoms with Gasteiger partial charge in [-0.2, -0.15) is 0 Å². The summed E-state index contributed by atoms with van der Waals surface area (Å²) in [5.41, 5.74) is 22.4. The van der Waals surface area contributed by atoms with Gasteiger partial charge in [0, 0.05) is 50.3 Å². The first-order chi connectivity index (χ1) is 34.1. The van der Waals surface area contributed by atoms with Crippen molar-refractivity contribution >= 4 is 112 Å². The molecule has 5 heterocycles. The molecule has 2 unspecified atom stereocenters. The molecule has 350 valence electrons. The molecule has 14 rings (SSSR count). The van der Waals surface area contributed by atoms with Crippen molar-refractivity contribution in [2.24, 2.45) is 0 Å². The van der Waals surface area contributed by atoms with Crippen LogP contribution in [0.2, 0.25) is 0 Å². The number of anilines is 8. The number of furan rings is 2. The fourth-order valence-corrected chi connectivity index (χ4v) is 13.7. The first-order valence-electron chi connectivity index (χ1n) is 25.9. The van der Waals surface area contributed by atoms with Crippen LogP contribution in [0.15, 0.2) is 160 Å². The summed E-state index contributed by atoms with van der Waals surface area (Å²) < 4.78 is 13.3. The molecule has 0 saturated heterocycles. The Bertz CT molecular complexity index is 3900. The Morgan fingerprint density at radius 2 is 1.00 bits per heavy atom. The van der Waals surface area contributed by atoms with Crippen molar-refractivity contribution in [1.82, 2.24) is 0 Å². The highest BCUT2D eigenvalue weighted by atomic mass is 16.3. The Labute approximate surface area is 417 Å². The minimum absolute atomic E-state index is 0.00293. The van der Waals surface area contributed by atoms with Crippen LogP contribution in [0.25, 0.3) is 43.9 Å². The maximum absolute atomic E-state index is 6.70. The smallest absolute Gasteiger partial charge is 0.252 e. The van der Waals surface area contributed by atoms with Crippen molar-refractivity contribution in [3.05, 3.63) is 174 Å². The van der Waals surface area contributed by atoms with Gasteiger partial charge in [0.25, 0.3) is 6.71 Å². The van der Waals surface area contributed by atoms with Crippen LogP contribution < -0.4 is 31.1 Å². The highest BCUT2D eigenvalue weighted by Crippen LogP contribution is 2.62. The van der Waals surface area contributed by atoms with E-state index in [-0.39, 0.29) is 28.5 Å². The SMILES string of the molecule is Cc1cc2c3c(c1)N(c1cccc4oc5ccccc5c14)c1cc(C(C)(C)C)ccc1B3c1ccc(N3c4ccc(C(C)(C)C)cc4C4(C)CCCCC34C)cc1N2c1cccc2oc3ccccc3c12. The summed E-state index contributed by atoms with van der Waals surface area (Å²) in [5, 5.41) is 4.49. The lowest BCUT2D eigenvalue weighted by Gasteiger charge is -2.50. The first-order valence-corrected chi connectivity index (χ1v) is 25.9. The van der Waals surface area contributed by atoms with Crippen molar-refractivity contribution in [3.8, 4) is 0 Å². The average molecular weight is 926 g/mol. The molecule has 1 aliphatic carbocycles. The minimum atomic E-state index is -0.111. The second-order valence-corrected chi connectivity index (χ2v) is 23.7. The molecule has 8 aromatic carbocycles. The van der Waals surface area contributed by atoms with Crippen LogP contribution >= 0.6 is 0 Å². The van der Waals surface area contributed by atoms with Gasteiger partial charge in [-0.1, -0.05) is 140 Å². The number of aryl methyl sites for hydroxylation is 1. The van der Waals surface area contributed by atoms with E-state index in [2.05, 4.69) is 229 Å². The molecule has 3 aliphatic heterocycles. The number of benzene rings is 8. The highest BCUT2D eigenvalue weighted by molar-refractivity contribution is 7.00. The fourth-order valence-electron chi connectivity index (χ4n) is 13.7. The maximum atomic E-state index is 6.70. The van der Waals surface area contributed by atoms with Crippen molar-refractivity contribution < 1.29 is 8.83 Å². The number of hydrogen-bond donors (Lipinski definition) is 0. The predicted octanol–water partition coefficient (Wildman–Crippen LogP) is 16.2. The lowest BCUT2D eigenvalue weighted by molar-refractivity contribution is 0.195. The lowest BCUT2D eigenvalue weighted by atomic mass is 9.33. The van der Waals surface area contributed by atoms with Gasteiger partial charge < -0.3 is 23.5 Å². The molecule has 6 heteroatoms. The van der Waals surface area contributed by atoms with Crippen molar-refractivity contribution in [2.45, 2.75) is 110 Å². The van der Waals surface area contributed by atoms with Gasteiger partial charge in [-0.05, 0) is 149 Å². The number of hydrogen-bond acceptors (Lipinski definition) is 5. The molecule has 71 heavy (non-hydrogen) atoms. The van der Waals surface area contributed by atoms with Crippen LogP contribution in [-0.2, 0) is 16.2 Å². The highest BCUT2D eigenvalue weighted by Gasteiger charge is 2.58. The Morgan fingerprint density at radius 1 is 0.479 bits per heavy atom. The largest absolute Gasteiger partial charge is 0.456 e. The summed E-state index contributed by atoms with van der Waals surface area (Å²) >= 11 is 0. The molecule has 2 atom stereocenters. The van der Waals surface area contributed by atoms with Gasteiger partial charge in [0.05, 0.1) is 27.7 Å². The van der Waals surface area contributed by atoms with Crippen LogP contribution in [0.4, 0.5) is 45.5 Å². The maximum Gasteiger partial charge on any atom is 0.252 e. The van der Waals surface area contributed by atoms with Gasteiger partial charge >= 0.3 is 0 Å². The molecule has 1 saturated carbocycles. The molecule has 10 aromatic rings. The number of nitrogens with zero attached hydrogens (tertiary/aromatic N) is 3. The Kier molecular flexibility index (Phi) is 8.70. The van der Waals surface area contributed by atoms with Crippen LogP contribution in [0, 0.1) is 6.92 Å². The Morgan fingerprint density at radius 3 is 1.61 bits per heavy atom. The molecular formula is C65H60BN3O2. The summed E-state index contributed by atoms with van der Waals surface area (Å²) in [6.45, 7) is 21.4. The van der Waals surface area contributed by atoms with Gasteiger partial charge in [0.15, 0.2) is 0 Å². The second kappa shape index (κ2) is 14.5. The molecule has 4 aliphatic rings. The zero-order valence-electron chi connectivity index (χ0n) is 42.5. The summed E-state index contributed by atoms with van der Waals surface area (Å²) in [7, 11) is 0. The molecular weight excluding hydrogens is 866 g/mol. The monoisotopic (exact) mass is 925 g/mol. The number of para-hydroxylation sites is 2. The van der Waals surface area contributed by atoms with Crippen LogP contribution in [0.5, 0.6) is 0 Å². The van der Waals surface area contributed by atoms with E-state index in [9.17, 15) is 0 Å². The zero-order valence-corrected chi connectivity index (χ0v) is 42.5. The molecule has 0 spiro atoms. The van der Waals surface area contributed by atoms with Gasteiger partial charge in [-0.15, -0.1) is 0 Å². The zero-order chi connectivity index (χ0) is 48.5. The van der Waals surface area contributed by atoms with E-state index in [1.54, 1.807) is 0 Å². The molecule has 0 amide bonds. The number of rotatable bonds is 3. The second-order valence-electron chi connectivity index (χ2n) is 23.7. The molecule has 0 N–H and O–H groups in total. The standard InChI is InChI=1S/C65H60BN3O2/c1-39-34-53-61-54(35-39)68(50-21-17-25-58-60(50)44-19-11-13-23-56(44)71-58)52-38-42(69-48-31-27-40(62(2,3)4)36-45(48)64(8)32-14-15-33-65(64,69)9)28-30-47(52)66(61)46-29-26-41(63(5,6)7)37-51(46)67(53)49-20-16-24-57-59(49)43-18-10-12-22-55(43)70-57/h10-13,16-31,34-38H,14-15,32-33H2,1-9H3. The molecule has 2 aromatic heterocycles. The predicted molar refractivity (Wildman–Crippen MR) is 300 cm³/mol. The lowest BCUT2D eigenvalue weighted by Crippen LogP contribution is -2.61. The van der Waals surface area contributed by atoms with Crippen molar-refractivity contribution in [3.63, 3.8) is 0 Å². The van der Waals surface area contributed by atoms with Crippen LogP contribution in [0.3, 0.4) is 0 Å². The average Bonchev–Trinajstić information content (AvgIpc) is 3.99. The normalized spacial score (nSPS) is 19.4. The molecule has 0 radical (unpaired) electrons. The van der Waals surface area contributed by atoms with E-state index in [1.807, 2.05) is 0 Å². The van der Waals surface area contributed by atoms with E-state index >= 15 is 0 Å². The van der Waals surface area contributed by atoms with Crippen LogP contribution in [-0.4, -0.2) is 12.3 Å². The third-order valence-corrected chi connectivity index (χ3v) is 17.5. The van der Waals surface area contributed by atoms with Gasteiger partial charge in [-0.25, -0.2) is 0 Å². The third-order valence-electron chi connectivity index (χ3n) is 17.5. The van der Waals surface area contributed by atoms with Crippen molar-refractivity contribution in [2.75, 3.05) is 14.7 Å². The van der Waals surface area contributed by atoms with E-state index in [0.717, 1.165) is 61.7 Å². The fraction of sp³-hybridized carbons (Fsp3) is 0.262. The first kappa shape index (κ1) is 42.7. The van der Waals surface area contributed by atoms with Crippen LogP contribution in [0.1, 0.15) is 103 Å². The van der Waals surface area contributed by atoms with E-state index < -0.39 is 0 Å². The molecule has 0 bridgehead atoms. The quantitative estimate of drug-likeness (QED) is 0.165. The minimum Gasteiger partial charge on any atom is -0.456 e. The summed E-state index contributed by atoms with van der Waals surface area (Å²) in [5.74, 6) is 0. The molecule has 1 fully saturated rings. The van der Waals surface area contributed by atoms with Crippen molar-refractivity contribution in [1.29, 1.82) is 0 Å². The Hall–Kier alpha value is -7.18. The van der Waals surface area contributed by atoms with Gasteiger partial charge in [0.1, 0.15) is 22.3 Å². The van der Waals surface area contributed by atoms with E-state index in [1.165, 1.54) is 92.0 Å². The summed E-state index contributed by atoms with van der Waals surface area (Å²) in [6.07, 6.45) is 4.78. The molecule has 5 nitrogen and oxygen atoms in total. The van der Waals surface area contributed by atoms with E-state index in [0.29, 0.717) is 0 Å². The summed E-state index contributed by atoms with van der Waals surface area (Å²) in [6, 6.07) is 57.4. The van der Waals surface area contributed by atoms with E-state index in [4.69, 9.17) is 8.83 Å². The third kappa shape index (κ3) is 5.82. The summed E-state index contributed by atoms with van der Waals surface area (Å²) in [4.78, 5) is 7.94. The number of fused-ring (bicyclic) bond motifs is 13. The topological polar surface area (TPSA) is 36.0 Å².